The summed E-state index contributed by atoms with van der Waals surface area (Å²) in [6.07, 6.45) is 2.33. The van der Waals surface area contributed by atoms with Crippen LogP contribution in [0.4, 0.5) is 0 Å². The number of rotatable bonds is 9. The van der Waals surface area contributed by atoms with E-state index in [9.17, 15) is 4.79 Å². The van der Waals surface area contributed by atoms with Gasteiger partial charge in [-0.15, -0.1) is 0 Å². The molecule has 0 aromatic heterocycles. The van der Waals surface area contributed by atoms with Crippen molar-refractivity contribution in [1.29, 1.82) is 0 Å². The van der Waals surface area contributed by atoms with Crippen molar-refractivity contribution in [1.82, 2.24) is 5.32 Å². The first kappa shape index (κ1) is 16.0. The summed E-state index contributed by atoms with van der Waals surface area (Å²) in [4.78, 5) is 11.2. The summed E-state index contributed by atoms with van der Waals surface area (Å²) in [6, 6.07) is 5.77. The van der Waals surface area contributed by atoms with Gasteiger partial charge in [-0.1, -0.05) is 18.7 Å². The molecule has 1 aromatic rings. The Labute approximate surface area is 119 Å². The first-order chi connectivity index (χ1) is 9.71. The lowest BCUT2D eigenvalue weighted by Gasteiger charge is -2.10. The van der Waals surface area contributed by atoms with Crippen LogP contribution in [0, 0.1) is 0 Å². The molecule has 0 radical (unpaired) electrons. The molecule has 0 bridgehead atoms. The lowest BCUT2D eigenvalue weighted by molar-refractivity contribution is -0.141. The number of nitrogens with one attached hydrogen (secondary N) is 1. The summed E-state index contributed by atoms with van der Waals surface area (Å²) in [5.74, 6) is 1.13. The number of ether oxygens (including phenoxy) is 3. The van der Waals surface area contributed by atoms with Crippen LogP contribution in [0.25, 0.3) is 0 Å². The Hall–Kier alpha value is -2.01. The van der Waals surface area contributed by atoms with Crippen LogP contribution in [0.5, 0.6) is 11.5 Å². The second kappa shape index (κ2) is 8.98. The normalized spacial score (nSPS) is 9.90. The zero-order chi connectivity index (χ0) is 14.8. The van der Waals surface area contributed by atoms with E-state index in [2.05, 4.69) is 11.9 Å². The lowest BCUT2D eigenvalue weighted by Crippen LogP contribution is -2.26. The minimum absolute atomic E-state index is 0.196. The molecule has 0 atom stereocenters. The predicted molar refractivity (Wildman–Crippen MR) is 77.3 cm³/mol. The number of hydrogen-bond donors (Lipinski definition) is 1. The monoisotopic (exact) mass is 279 g/mol. The molecule has 5 nitrogen and oxygen atoms in total. The van der Waals surface area contributed by atoms with Gasteiger partial charge in [0.2, 0.25) is 0 Å². The fourth-order valence-corrected chi connectivity index (χ4v) is 1.66. The van der Waals surface area contributed by atoms with Crippen molar-refractivity contribution in [2.75, 3.05) is 33.9 Å². The molecule has 0 aliphatic carbocycles. The number of esters is 1. The van der Waals surface area contributed by atoms with Crippen LogP contribution >= 0.6 is 0 Å². The largest absolute Gasteiger partial charge is 0.493 e. The molecule has 1 rings (SSSR count). The number of carbonyl (C=O) groups excluding carboxylic acids is 1. The highest BCUT2D eigenvalue weighted by Crippen LogP contribution is 2.27. The minimum Gasteiger partial charge on any atom is -0.493 e. The molecule has 0 amide bonds. The van der Waals surface area contributed by atoms with Gasteiger partial charge in [0.15, 0.2) is 11.5 Å². The van der Waals surface area contributed by atoms with Crippen molar-refractivity contribution in [3.63, 3.8) is 0 Å². The average Bonchev–Trinajstić information content (AvgIpc) is 2.49. The van der Waals surface area contributed by atoms with Crippen molar-refractivity contribution in [2.45, 2.75) is 6.42 Å². The van der Waals surface area contributed by atoms with Gasteiger partial charge in [-0.05, 0) is 30.7 Å². The van der Waals surface area contributed by atoms with Crippen LogP contribution in [-0.4, -0.2) is 39.9 Å². The standard InChI is InChI=1S/C15H21NO4/c1-4-9-20-15(17)11-16-8-7-12-5-6-13(18-2)14(10-12)19-3/h4-6,10,16H,1,7-9,11H2,2-3H3. The fourth-order valence-electron chi connectivity index (χ4n) is 1.66. The first-order valence-electron chi connectivity index (χ1n) is 6.39. The molecule has 0 aliphatic rings. The van der Waals surface area contributed by atoms with Crippen LogP contribution in [-0.2, 0) is 16.0 Å². The molecular formula is C15H21NO4. The Bertz CT molecular complexity index is 445. The predicted octanol–water partition coefficient (Wildman–Crippen LogP) is 1.57. The highest BCUT2D eigenvalue weighted by Gasteiger charge is 2.05. The van der Waals surface area contributed by atoms with Gasteiger partial charge in [-0.3, -0.25) is 4.79 Å². The highest BCUT2D eigenvalue weighted by atomic mass is 16.5. The Morgan fingerprint density at radius 1 is 1.30 bits per heavy atom. The molecule has 1 aromatic carbocycles. The smallest absolute Gasteiger partial charge is 0.320 e. The number of benzene rings is 1. The molecule has 0 saturated heterocycles. The Morgan fingerprint density at radius 3 is 2.70 bits per heavy atom. The quantitative estimate of drug-likeness (QED) is 0.422. The third kappa shape index (κ3) is 5.32. The van der Waals surface area contributed by atoms with E-state index in [1.807, 2.05) is 18.2 Å². The maximum absolute atomic E-state index is 11.2. The second-order valence-corrected chi connectivity index (χ2v) is 4.09. The van der Waals surface area contributed by atoms with Crippen molar-refractivity contribution < 1.29 is 19.0 Å². The molecule has 20 heavy (non-hydrogen) atoms. The third-order valence-electron chi connectivity index (χ3n) is 2.67. The van der Waals surface area contributed by atoms with Crippen molar-refractivity contribution in [2.24, 2.45) is 0 Å². The maximum atomic E-state index is 11.2. The van der Waals surface area contributed by atoms with E-state index in [0.29, 0.717) is 18.0 Å². The number of hydrogen-bond acceptors (Lipinski definition) is 5. The van der Waals surface area contributed by atoms with E-state index in [0.717, 1.165) is 12.0 Å². The molecule has 0 fully saturated rings. The molecule has 0 heterocycles. The van der Waals surface area contributed by atoms with Gasteiger partial charge in [0.25, 0.3) is 0 Å². The Balaban J connectivity index is 2.35. The highest BCUT2D eigenvalue weighted by molar-refractivity contribution is 5.71. The van der Waals surface area contributed by atoms with E-state index in [1.54, 1.807) is 20.3 Å². The summed E-state index contributed by atoms with van der Waals surface area (Å²) < 4.78 is 15.3. The topological polar surface area (TPSA) is 56.8 Å². The minimum atomic E-state index is -0.280. The van der Waals surface area contributed by atoms with E-state index < -0.39 is 0 Å². The van der Waals surface area contributed by atoms with Crippen LogP contribution in [0.15, 0.2) is 30.9 Å². The number of carbonyl (C=O) groups is 1. The zero-order valence-corrected chi connectivity index (χ0v) is 12.0. The summed E-state index contributed by atoms with van der Waals surface area (Å²) in [7, 11) is 3.21. The van der Waals surface area contributed by atoms with Crippen molar-refractivity contribution in [3.8, 4) is 11.5 Å². The van der Waals surface area contributed by atoms with Gasteiger partial charge in [0, 0.05) is 0 Å². The summed E-state index contributed by atoms with van der Waals surface area (Å²) in [5, 5.41) is 3.03. The zero-order valence-electron chi connectivity index (χ0n) is 12.0. The molecule has 0 saturated carbocycles. The molecule has 5 heteroatoms. The fraction of sp³-hybridized carbons (Fsp3) is 0.400. The Morgan fingerprint density at radius 2 is 2.05 bits per heavy atom. The van der Waals surface area contributed by atoms with Crippen molar-refractivity contribution >= 4 is 5.97 Å². The van der Waals surface area contributed by atoms with E-state index in [4.69, 9.17) is 14.2 Å². The van der Waals surface area contributed by atoms with Gasteiger partial charge in [0.1, 0.15) is 6.61 Å². The SMILES string of the molecule is C=CCOC(=O)CNCCc1ccc(OC)c(OC)c1. The van der Waals surface area contributed by atoms with Gasteiger partial charge in [-0.25, -0.2) is 0 Å². The molecule has 1 N–H and O–H groups in total. The maximum Gasteiger partial charge on any atom is 0.320 e. The first-order valence-corrected chi connectivity index (χ1v) is 6.39. The Kier molecular flexibility index (Phi) is 7.21. The lowest BCUT2D eigenvalue weighted by atomic mass is 10.1. The van der Waals surface area contributed by atoms with E-state index in [1.165, 1.54) is 0 Å². The van der Waals surface area contributed by atoms with Crippen LogP contribution in [0.2, 0.25) is 0 Å². The van der Waals surface area contributed by atoms with Gasteiger partial charge in [-0.2, -0.15) is 0 Å². The second-order valence-electron chi connectivity index (χ2n) is 4.09. The van der Waals surface area contributed by atoms with Crippen LogP contribution in [0.1, 0.15) is 5.56 Å². The van der Waals surface area contributed by atoms with Crippen LogP contribution in [0.3, 0.4) is 0 Å². The third-order valence-corrected chi connectivity index (χ3v) is 2.67. The van der Waals surface area contributed by atoms with E-state index in [-0.39, 0.29) is 19.1 Å². The summed E-state index contributed by atoms with van der Waals surface area (Å²) in [5.41, 5.74) is 1.11. The molecule has 0 unspecified atom stereocenters. The van der Waals surface area contributed by atoms with Gasteiger partial charge in [0.05, 0.1) is 20.8 Å². The summed E-state index contributed by atoms with van der Waals surface area (Å²) in [6.45, 7) is 4.60. The molecular weight excluding hydrogens is 258 g/mol. The molecule has 0 aliphatic heterocycles. The average molecular weight is 279 g/mol. The number of methoxy groups -OCH3 is 2. The molecule has 0 spiro atoms. The van der Waals surface area contributed by atoms with E-state index >= 15 is 0 Å². The van der Waals surface area contributed by atoms with Crippen molar-refractivity contribution in [3.05, 3.63) is 36.4 Å². The van der Waals surface area contributed by atoms with Crippen LogP contribution < -0.4 is 14.8 Å². The van der Waals surface area contributed by atoms with Gasteiger partial charge >= 0.3 is 5.97 Å². The molecule has 110 valence electrons. The van der Waals surface area contributed by atoms with Gasteiger partial charge < -0.3 is 19.5 Å². The summed E-state index contributed by atoms with van der Waals surface area (Å²) >= 11 is 0.